The zero-order chi connectivity index (χ0) is 22.4. The number of carbonyl (C=O) groups excluding carboxylic acids is 3. The maximum atomic E-state index is 12.6. The summed E-state index contributed by atoms with van der Waals surface area (Å²) in [6.45, 7) is 5.21. The summed E-state index contributed by atoms with van der Waals surface area (Å²) in [7, 11) is 0. The highest BCUT2D eigenvalue weighted by atomic mass is 32.1. The van der Waals surface area contributed by atoms with Gasteiger partial charge in [-0.1, -0.05) is 48.0 Å². The third-order valence-corrected chi connectivity index (χ3v) is 5.44. The van der Waals surface area contributed by atoms with Crippen LogP contribution < -0.4 is 5.32 Å². The number of esters is 2. The molecule has 0 atom stereocenters. The van der Waals surface area contributed by atoms with Crippen LogP contribution in [0, 0.1) is 13.8 Å². The largest absolute Gasteiger partial charge is 0.462 e. The maximum absolute atomic E-state index is 12.6. The van der Waals surface area contributed by atoms with Crippen LogP contribution in [0.2, 0.25) is 0 Å². The molecule has 0 saturated heterocycles. The van der Waals surface area contributed by atoms with Gasteiger partial charge in [-0.2, -0.15) is 0 Å². The first-order valence-corrected chi connectivity index (χ1v) is 10.7. The molecule has 0 unspecified atom stereocenters. The molecule has 3 aromatic rings. The van der Waals surface area contributed by atoms with Gasteiger partial charge in [0.15, 0.2) is 6.61 Å². The van der Waals surface area contributed by atoms with Crippen molar-refractivity contribution in [3.05, 3.63) is 76.2 Å². The Morgan fingerprint density at radius 2 is 1.71 bits per heavy atom. The van der Waals surface area contributed by atoms with Crippen LogP contribution in [0.3, 0.4) is 0 Å². The van der Waals surface area contributed by atoms with Gasteiger partial charge in [0.1, 0.15) is 10.6 Å². The van der Waals surface area contributed by atoms with Gasteiger partial charge < -0.3 is 14.8 Å². The van der Waals surface area contributed by atoms with E-state index in [1.54, 1.807) is 18.4 Å². The molecule has 1 heterocycles. The number of aryl methyl sites for hydroxylation is 2. The number of benzene rings is 2. The molecule has 0 aliphatic carbocycles. The first kappa shape index (κ1) is 22.2. The number of anilines is 1. The van der Waals surface area contributed by atoms with Crippen LogP contribution in [0.25, 0.3) is 11.1 Å². The molecule has 1 aromatic heterocycles. The fraction of sp³-hybridized carbons (Fsp3) is 0.208. The molecule has 0 aliphatic rings. The normalized spacial score (nSPS) is 10.4. The Kier molecular flexibility index (Phi) is 7.20. The van der Waals surface area contributed by atoms with Gasteiger partial charge in [0.05, 0.1) is 12.2 Å². The summed E-state index contributed by atoms with van der Waals surface area (Å²) in [5.41, 5.74) is 4.02. The zero-order valence-corrected chi connectivity index (χ0v) is 18.4. The van der Waals surface area contributed by atoms with Gasteiger partial charge >= 0.3 is 11.9 Å². The third kappa shape index (κ3) is 5.38. The van der Waals surface area contributed by atoms with Crippen LogP contribution in [0.15, 0.2) is 53.9 Å². The molecular weight excluding hydrogens is 414 g/mol. The van der Waals surface area contributed by atoms with Crippen LogP contribution in [0.5, 0.6) is 0 Å². The summed E-state index contributed by atoms with van der Waals surface area (Å²) in [5, 5.41) is 4.81. The molecule has 160 valence electrons. The minimum Gasteiger partial charge on any atom is -0.462 e. The highest BCUT2D eigenvalue weighted by molar-refractivity contribution is 7.15. The second kappa shape index (κ2) is 10.0. The van der Waals surface area contributed by atoms with E-state index >= 15 is 0 Å². The van der Waals surface area contributed by atoms with Crippen molar-refractivity contribution < 1.29 is 23.9 Å². The fourth-order valence-corrected chi connectivity index (χ4v) is 4.07. The van der Waals surface area contributed by atoms with E-state index in [0.29, 0.717) is 16.1 Å². The Bertz CT molecular complexity index is 1100. The number of amides is 1. The third-order valence-electron chi connectivity index (χ3n) is 4.54. The molecular formula is C24H23NO5S. The van der Waals surface area contributed by atoms with Crippen molar-refractivity contribution in [3.8, 4) is 11.1 Å². The summed E-state index contributed by atoms with van der Waals surface area (Å²) < 4.78 is 10.3. The first-order valence-electron chi connectivity index (χ1n) is 9.79. The monoisotopic (exact) mass is 437 g/mol. The molecule has 7 heteroatoms. The number of hydrogen-bond acceptors (Lipinski definition) is 6. The van der Waals surface area contributed by atoms with Gasteiger partial charge in [-0.05, 0) is 38.0 Å². The summed E-state index contributed by atoms with van der Waals surface area (Å²) in [5.74, 6) is -1.63. The highest BCUT2D eigenvalue weighted by Crippen LogP contribution is 2.36. The Morgan fingerprint density at radius 3 is 2.39 bits per heavy atom. The first-order chi connectivity index (χ1) is 14.9. The minimum absolute atomic E-state index is 0.212. The lowest BCUT2D eigenvalue weighted by atomic mass is 10.0. The van der Waals surface area contributed by atoms with E-state index in [1.807, 2.05) is 56.3 Å². The lowest BCUT2D eigenvalue weighted by Crippen LogP contribution is -2.22. The molecule has 0 bridgehead atoms. The molecule has 6 nitrogen and oxygen atoms in total. The van der Waals surface area contributed by atoms with E-state index in [-0.39, 0.29) is 12.2 Å². The second-order valence-corrected chi connectivity index (χ2v) is 7.76. The Labute approximate surface area is 184 Å². The number of carbonyl (C=O) groups is 3. The zero-order valence-electron chi connectivity index (χ0n) is 17.6. The lowest BCUT2D eigenvalue weighted by molar-refractivity contribution is -0.119. The van der Waals surface area contributed by atoms with Gasteiger partial charge in [0, 0.05) is 10.9 Å². The molecule has 2 aromatic carbocycles. The van der Waals surface area contributed by atoms with Crippen molar-refractivity contribution in [1.82, 2.24) is 0 Å². The smallest absolute Gasteiger partial charge is 0.341 e. The van der Waals surface area contributed by atoms with Crippen molar-refractivity contribution in [3.63, 3.8) is 0 Å². The summed E-state index contributed by atoms with van der Waals surface area (Å²) in [6.07, 6.45) is 0. The Morgan fingerprint density at radius 1 is 0.968 bits per heavy atom. The lowest BCUT2D eigenvalue weighted by Gasteiger charge is -2.10. The van der Waals surface area contributed by atoms with Crippen LogP contribution in [-0.4, -0.2) is 31.1 Å². The Balaban J connectivity index is 1.74. The quantitative estimate of drug-likeness (QED) is 0.526. The Hall–Kier alpha value is -3.45. The van der Waals surface area contributed by atoms with E-state index in [2.05, 4.69) is 5.32 Å². The average molecular weight is 438 g/mol. The summed E-state index contributed by atoms with van der Waals surface area (Å²) in [6, 6.07) is 14.7. The molecule has 0 saturated carbocycles. The number of nitrogens with one attached hydrogen (secondary N) is 1. The molecule has 3 rings (SSSR count). The molecule has 1 N–H and O–H groups in total. The maximum Gasteiger partial charge on any atom is 0.341 e. The van der Waals surface area contributed by atoms with Crippen molar-refractivity contribution >= 4 is 34.2 Å². The average Bonchev–Trinajstić information content (AvgIpc) is 3.16. The molecule has 0 aliphatic heterocycles. The number of hydrogen-bond donors (Lipinski definition) is 1. The van der Waals surface area contributed by atoms with E-state index in [9.17, 15) is 14.4 Å². The van der Waals surface area contributed by atoms with E-state index in [0.717, 1.165) is 16.7 Å². The molecule has 0 fully saturated rings. The summed E-state index contributed by atoms with van der Waals surface area (Å²) >= 11 is 1.21. The molecule has 0 spiro atoms. The predicted molar refractivity (Wildman–Crippen MR) is 121 cm³/mol. The van der Waals surface area contributed by atoms with Gasteiger partial charge in [-0.3, -0.25) is 4.79 Å². The van der Waals surface area contributed by atoms with Crippen molar-refractivity contribution in [2.75, 3.05) is 18.5 Å². The minimum atomic E-state index is -0.575. The predicted octanol–water partition coefficient (Wildman–Crippen LogP) is 5.00. The number of rotatable bonds is 7. The van der Waals surface area contributed by atoms with E-state index < -0.39 is 24.5 Å². The summed E-state index contributed by atoms with van der Waals surface area (Å²) in [4.78, 5) is 37.3. The van der Waals surface area contributed by atoms with Crippen LogP contribution in [0.1, 0.15) is 38.8 Å². The molecule has 0 radical (unpaired) electrons. The van der Waals surface area contributed by atoms with Crippen LogP contribution in [0.4, 0.5) is 5.00 Å². The number of thiophene rings is 1. The standard InChI is InChI=1S/C24H23NO5S/c1-4-29-24(28)21-19(17-8-6-5-7-9-17)14-31-22(21)25-20(26)13-30-23(27)18-11-10-15(2)12-16(18)3/h5-12,14H,4,13H2,1-3H3,(H,25,26). The van der Waals surface area contributed by atoms with E-state index in [1.165, 1.54) is 11.3 Å². The van der Waals surface area contributed by atoms with Crippen LogP contribution >= 0.6 is 11.3 Å². The molecule has 1 amide bonds. The SMILES string of the molecule is CCOC(=O)c1c(-c2ccccc2)csc1NC(=O)COC(=O)c1ccc(C)cc1C. The highest BCUT2D eigenvalue weighted by Gasteiger charge is 2.23. The second-order valence-electron chi connectivity index (χ2n) is 6.88. The van der Waals surface area contributed by atoms with Crippen molar-refractivity contribution in [1.29, 1.82) is 0 Å². The van der Waals surface area contributed by atoms with Gasteiger partial charge in [-0.15, -0.1) is 11.3 Å². The van der Waals surface area contributed by atoms with Crippen molar-refractivity contribution in [2.45, 2.75) is 20.8 Å². The topological polar surface area (TPSA) is 81.7 Å². The van der Waals surface area contributed by atoms with Crippen molar-refractivity contribution in [2.24, 2.45) is 0 Å². The van der Waals surface area contributed by atoms with E-state index in [4.69, 9.17) is 9.47 Å². The van der Waals surface area contributed by atoms with Gasteiger partial charge in [-0.25, -0.2) is 9.59 Å². The van der Waals surface area contributed by atoms with Crippen LogP contribution in [-0.2, 0) is 14.3 Å². The number of ether oxygens (including phenoxy) is 2. The molecule has 31 heavy (non-hydrogen) atoms. The fourth-order valence-electron chi connectivity index (χ4n) is 3.10. The van der Waals surface area contributed by atoms with Gasteiger partial charge in [0.2, 0.25) is 0 Å². The van der Waals surface area contributed by atoms with Gasteiger partial charge in [0.25, 0.3) is 5.91 Å².